The first-order valence-electron chi connectivity index (χ1n) is 5.00. The molecule has 0 spiro atoms. The fraction of sp³-hybridized carbons (Fsp3) is 0.400. The molecule has 3 nitrogen and oxygen atoms in total. The van der Waals surface area contributed by atoms with Crippen molar-refractivity contribution in [3.63, 3.8) is 0 Å². The molecule has 1 aromatic heterocycles. The molecule has 1 rings (SSSR count). The van der Waals surface area contributed by atoms with E-state index in [-0.39, 0.29) is 16.9 Å². The van der Waals surface area contributed by atoms with Crippen LogP contribution in [0.15, 0.2) is 6.07 Å². The van der Waals surface area contributed by atoms with Crippen molar-refractivity contribution in [2.75, 3.05) is 0 Å². The molecule has 1 amide bonds. The molecule has 0 saturated carbocycles. The van der Waals surface area contributed by atoms with E-state index in [1.807, 2.05) is 6.92 Å². The van der Waals surface area contributed by atoms with E-state index in [0.29, 0.717) is 20.7 Å². The van der Waals surface area contributed by atoms with Gasteiger partial charge in [-0.3, -0.25) is 4.79 Å². The van der Waals surface area contributed by atoms with Gasteiger partial charge in [-0.1, -0.05) is 48.8 Å². The molecule has 3 N–H and O–H groups in total. The summed E-state index contributed by atoms with van der Waals surface area (Å²) >= 11 is 17.7. The van der Waals surface area contributed by atoms with E-state index < -0.39 is 0 Å². The fourth-order valence-corrected chi connectivity index (χ4v) is 2.94. The molecule has 1 atom stereocenters. The highest BCUT2D eigenvalue weighted by Crippen LogP contribution is 2.31. The van der Waals surface area contributed by atoms with Gasteiger partial charge >= 0.3 is 0 Å². The molecule has 0 fully saturated rings. The molecular formula is C10H12Cl2N2OS2. The minimum Gasteiger partial charge on any atom is -0.392 e. The highest BCUT2D eigenvalue weighted by molar-refractivity contribution is 7.80. The molecule has 0 saturated heterocycles. The Bertz CT molecular complexity index is 434. The second kappa shape index (κ2) is 6.54. The topological polar surface area (TPSA) is 55.1 Å². The maximum Gasteiger partial charge on any atom is 0.254 e. The second-order valence-corrected chi connectivity index (χ2v) is 6.21. The highest BCUT2D eigenvalue weighted by Gasteiger charge is 2.19. The lowest BCUT2D eigenvalue weighted by Crippen LogP contribution is -2.43. The average Bonchev–Trinajstić information content (AvgIpc) is 2.57. The van der Waals surface area contributed by atoms with Crippen molar-refractivity contribution < 1.29 is 4.79 Å². The maximum atomic E-state index is 11.9. The summed E-state index contributed by atoms with van der Waals surface area (Å²) in [7, 11) is 0. The lowest BCUT2D eigenvalue weighted by atomic mass is 10.1. The van der Waals surface area contributed by atoms with Crippen molar-refractivity contribution in [1.29, 1.82) is 0 Å². The Kier molecular flexibility index (Phi) is 5.66. The molecule has 7 heteroatoms. The molecule has 0 bridgehead atoms. The SMILES string of the molecule is CCCC(NC(=O)c1cc(Cl)sc1Cl)C(N)=S. The van der Waals surface area contributed by atoms with Crippen molar-refractivity contribution >= 4 is 57.7 Å². The number of rotatable bonds is 5. The van der Waals surface area contributed by atoms with Crippen molar-refractivity contribution in [3.05, 3.63) is 20.3 Å². The molecule has 1 unspecified atom stereocenters. The Labute approximate surface area is 119 Å². The Morgan fingerprint density at radius 1 is 1.65 bits per heavy atom. The van der Waals surface area contributed by atoms with E-state index in [0.717, 1.165) is 17.8 Å². The molecule has 0 aromatic carbocycles. The van der Waals surface area contributed by atoms with Crippen LogP contribution in [0.25, 0.3) is 0 Å². The van der Waals surface area contributed by atoms with E-state index in [2.05, 4.69) is 5.32 Å². The second-order valence-electron chi connectivity index (χ2n) is 3.45. The molecular weight excluding hydrogens is 299 g/mol. The fourth-order valence-electron chi connectivity index (χ4n) is 1.31. The number of carbonyl (C=O) groups is 1. The summed E-state index contributed by atoms with van der Waals surface area (Å²) in [5.41, 5.74) is 5.91. The van der Waals surface area contributed by atoms with E-state index in [1.165, 1.54) is 6.07 Å². The van der Waals surface area contributed by atoms with E-state index in [1.54, 1.807) is 0 Å². The number of hydrogen-bond donors (Lipinski definition) is 2. The Balaban J connectivity index is 2.77. The van der Waals surface area contributed by atoms with Crippen LogP contribution < -0.4 is 11.1 Å². The number of nitrogens with one attached hydrogen (secondary N) is 1. The number of nitrogens with two attached hydrogens (primary N) is 1. The molecule has 0 radical (unpaired) electrons. The highest BCUT2D eigenvalue weighted by atomic mass is 35.5. The van der Waals surface area contributed by atoms with Gasteiger partial charge in [-0.05, 0) is 12.5 Å². The van der Waals surface area contributed by atoms with Crippen LogP contribution in [-0.4, -0.2) is 16.9 Å². The van der Waals surface area contributed by atoms with Gasteiger partial charge in [0.1, 0.15) is 4.34 Å². The zero-order valence-electron chi connectivity index (χ0n) is 9.13. The van der Waals surface area contributed by atoms with Crippen LogP contribution in [0, 0.1) is 0 Å². The van der Waals surface area contributed by atoms with Gasteiger partial charge in [-0.15, -0.1) is 11.3 Å². The third-order valence-electron chi connectivity index (χ3n) is 2.13. The van der Waals surface area contributed by atoms with E-state index in [4.69, 9.17) is 41.2 Å². The van der Waals surface area contributed by atoms with E-state index >= 15 is 0 Å². The predicted molar refractivity (Wildman–Crippen MR) is 77.3 cm³/mol. The third kappa shape index (κ3) is 4.10. The maximum absolute atomic E-state index is 11.9. The molecule has 94 valence electrons. The first-order valence-corrected chi connectivity index (χ1v) is 6.98. The van der Waals surface area contributed by atoms with Gasteiger partial charge in [0, 0.05) is 0 Å². The van der Waals surface area contributed by atoms with Crippen molar-refractivity contribution in [2.24, 2.45) is 5.73 Å². The van der Waals surface area contributed by atoms with Crippen LogP contribution in [0.2, 0.25) is 8.67 Å². The number of halogens is 2. The van der Waals surface area contributed by atoms with Crippen LogP contribution >= 0.6 is 46.8 Å². The standard InChI is InChI=1S/C10H12Cl2N2OS2/c1-2-3-6(9(13)16)14-10(15)5-4-7(11)17-8(5)12/h4,6H,2-3H2,1H3,(H2,13,16)(H,14,15). The molecule has 0 aliphatic heterocycles. The van der Waals surface area contributed by atoms with Crippen LogP contribution in [0.1, 0.15) is 30.1 Å². The minimum absolute atomic E-state index is 0.276. The zero-order valence-corrected chi connectivity index (χ0v) is 12.3. The first-order chi connectivity index (χ1) is 7.95. The van der Waals surface area contributed by atoms with Gasteiger partial charge in [-0.25, -0.2) is 0 Å². The Morgan fingerprint density at radius 2 is 2.29 bits per heavy atom. The van der Waals surface area contributed by atoms with Gasteiger partial charge in [0.25, 0.3) is 5.91 Å². The molecule has 1 heterocycles. The van der Waals surface area contributed by atoms with Gasteiger partial charge in [-0.2, -0.15) is 0 Å². The number of thiocarbonyl (C=S) groups is 1. The smallest absolute Gasteiger partial charge is 0.254 e. The largest absolute Gasteiger partial charge is 0.392 e. The summed E-state index contributed by atoms with van der Waals surface area (Å²) in [6.07, 6.45) is 1.58. The van der Waals surface area contributed by atoms with Gasteiger partial charge < -0.3 is 11.1 Å². The quantitative estimate of drug-likeness (QED) is 0.821. The van der Waals surface area contributed by atoms with Gasteiger partial charge in [0.05, 0.1) is 20.9 Å². The van der Waals surface area contributed by atoms with Crippen LogP contribution in [0.5, 0.6) is 0 Å². The lowest BCUT2D eigenvalue weighted by molar-refractivity contribution is 0.0946. The monoisotopic (exact) mass is 310 g/mol. The normalized spacial score (nSPS) is 12.2. The Morgan fingerprint density at radius 3 is 2.71 bits per heavy atom. The van der Waals surface area contributed by atoms with Crippen LogP contribution in [-0.2, 0) is 0 Å². The summed E-state index contributed by atoms with van der Waals surface area (Å²) in [6, 6.07) is 1.23. The van der Waals surface area contributed by atoms with Crippen molar-refractivity contribution in [3.8, 4) is 0 Å². The lowest BCUT2D eigenvalue weighted by Gasteiger charge is -2.16. The summed E-state index contributed by atoms with van der Waals surface area (Å²) in [4.78, 5) is 12.2. The van der Waals surface area contributed by atoms with Gasteiger partial charge in [0.2, 0.25) is 0 Å². The van der Waals surface area contributed by atoms with Crippen LogP contribution in [0.3, 0.4) is 0 Å². The number of amides is 1. The molecule has 0 aliphatic carbocycles. The molecule has 1 aromatic rings. The first kappa shape index (κ1) is 14.7. The third-order valence-corrected chi connectivity index (χ3v) is 3.90. The van der Waals surface area contributed by atoms with Crippen molar-refractivity contribution in [1.82, 2.24) is 5.32 Å². The van der Waals surface area contributed by atoms with E-state index in [9.17, 15) is 4.79 Å². The minimum atomic E-state index is -0.308. The predicted octanol–water partition coefficient (Wildman–Crippen LogP) is 3.24. The van der Waals surface area contributed by atoms with Crippen molar-refractivity contribution in [2.45, 2.75) is 25.8 Å². The summed E-state index contributed by atoms with van der Waals surface area (Å²) < 4.78 is 0.841. The van der Waals surface area contributed by atoms with Gasteiger partial charge in [0.15, 0.2) is 0 Å². The van der Waals surface area contributed by atoms with Crippen LogP contribution in [0.4, 0.5) is 0 Å². The summed E-state index contributed by atoms with van der Waals surface area (Å²) in [6.45, 7) is 1.99. The summed E-state index contributed by atoms with van der Waals surface area (Å²) in [5, 5.41) is 2.75. The summed E-state index contributed by atoms with van der Waals surface area (Å²) in [5.74, 6) is -0.301. The molecule has 17 heavy (non-hydrogen) atoms. The number of thiophene rings is 1. The number of hydrogen-bond acceptors (Lipinski definition) is 3. The average molecular weight is 311 g/mol. The molecule has 0 aliphatic rings. The zero-order chi connectivity index (χ0) is 13.0. The number of carbonyl (C=O) groups excluding carboxylic acids is 1. The Hall–Kier alpha value is -0.360.